The van der Waals surface area contributed by atoms with Crippen LogP contribution >= 0.6 is 0 Å². The zero-order chi connectivity index (χ0) is 15.8. The average Bonchev–Trinajstić information content (AvgIpc) is 3.00. The van der Waals surface area contributed by atoms with Gasteiger partial charge in [-0.3, -0.25) is 4.79 Å². The van der Waals surface area contributed by atoms with E-state index in [1.807, 2.05) is 38.4 Å². The van der Waals surface area contributed by atoms with Crippen LogP contribution < -0.4 is 15.4 Å². The molecular weight excluding hydrogens is 278 g/mol. The Bertz CT molecular complexity index is 471. The lowest BCUT2D eigenvalue weighted by Crippen LogP contribution is -2.27. The Morgan fingerprint density at radius 1 is 1.41 bits per heavy atom. The normalized spacial score (nSPS) is 17.7. The summed E-state index contributed by atoms with van der Waals surface area (Å²) in [5, 5.41) is 6.36. The highest BCUT2D eigenvalue weighted by molar-refractivity contribution is 5.96. The summed E-state index contributed by atoms with van der Waals surface area (Å²) >= 11 is 0. The maximum Gasteiger partial charge on any atom is 0.255 e. The standard InChI is InChI=1S/C17H27N3O2/c1-20(2)11-12-22-16-6-4-3-5-15(16)17(21)19-10-8-14-7-9-18-13-14/h3-6,14,18H,7-13H2,1-2H3,(H,19,21). The number of benzene rings is 1. The largest absolute Gasteiger partial charge is 0.491 e. The molecule has 5 nitrogen and oxygen atoms in total. The topological polar surface area (TPSA) is 53.6 Å². The van der Waals surface area contributed by atoms with E-state index < -0.39 is 0 Å². The Morgan fingerprint density at radius 3 is 2.95 bits per heavy atom. The number of rotatable bonds is 8. The Labute approximate surface area is 133 Å². The Hall–Kier alpha value is -1.59. The molecule has 0 aliphatic carbocycles. The Kier molecular flexibility index (Phi) is 6.68. The molecule has 1 unspecified atom stereocenters. The van der Waals surface area contributed by atoms with Crippen LogP contribution in [0.2, 0.25) is 0 Å². The molecule has 1 aromatic rings. The van der Waals surface area contributed by atoms with Crippen molar-refractivity contribution in [2.75, 3.05) is 46.9 Å². The minimum atomic E-state index is -0.0496. The van der Waals surface area contributed by atoms with Crippen molar-refractivity contribution in [3.8, 4) is 5.75 Å². The summed E-state index contributed by atoms with van der Waals surface area (Å²) in [6.07, 6.45) is 2.24. The minimum absolute atomic E-state index is 0.0496. The van der Waals surface area contributed by atoms with Crippen molar-refractivity contribution in [3.05, 3.63) is 29.8 Å². The summed E-state index contributed by atoms with van der Waals surface area (Å²) in [5.74, 6) is 1.29. The molecule has 1 saturated heterocycles. The highest BCUT2D eigenvalue weighted by atomic mass is 16.5. The lowest BCUT2D eigenvalue weighted by molar-refractivity contribution is 0.0947. The molecule has 5 heteroatoms. The summed E-state index contributed by atoms with van der Waals surface area (Å²) in [5.41, 5.74) is 0.616. The number of hydrogen-bond donors (Lipinski definition) is 2. The summed E-state index contributed by atoms with van der Waals surface area (Å²) in [4.78, 5) is 14.4. The number of carbonyl (C=O) groups excluding carboxylic acids is 1. The van der Waals surface area contributed by atoms with Crippen LogP contribution in [0.5, 0.6) is 5.75 Å². The maximum absolute atomic E-state index is 12.3. The molecule has 1 aliphatic heterocycles. The van der Waals surface area contributed by atoms with Crippen LogP contribution in [0.15, 0.2) is 24.3 Å². The molecule has 0 radical (unpaired) electrons. The summed E-state index contributed by atoms with van der Waals surface area (Å²) in [7, 11) is 4.00. The predicted octanol–water partition coefficient (Wildman–Crippen LogP) is 1.36. The summed E-state index contributed by atoms with van der Waals surface area (Å²) in [6, 6.07) is 7.43. The number of nitrogens with one attached hydrogen (secondary N) is 2. The summed E-state index contributed by atoms with van der Waals surface area (Å²) < 4.78 is 5.74. The number of para-hydroxylation sites is 1. The zero-order valence-corrected chi connectivity index (χ0v) is 13.6. The van der Waals surface area contributed by atoms with Gasteiger partial charge < -0.3 is 20.3 Å². The lowest BCUT2D eigenvalue weighted by atomic mass is 10.1. The van der Waals surface area contributed by atoms with E-state index >= 15 is 0 Å². The van der Waals surface area contributed by atoms with Gasteiger partial charge in [0.05, 0.1) is 5.56 Å². The molecule has 0 saturated carbocycles. The van der Waals surface area contributed by atoms with Crippen molar-refractivity contribution >= 4 is 5.91 Å². The lowest BCUT2D eigenvalue weighted by Gasteiger charge is -2.14. The van der Waals surface area contributed by atoms with E-state index in [2.05, 4.69) is 15.5 Å². The Morgan fingerprint density at radius 2 is 2.23 bits per heavy atom. The molecule has 0 aromatic heterocycles. The van der Waals surface area contributed by atoms with Crippen molar-refractivity contribution in [1.82, 2.24) is 15.5 Å². The first-order valence-corrected chi connectivity index (χ1v) is 8.02. The summed E-state index contributed by atoms with van der Waals surface area (Å²) in [6.45, 7) is 4.29. The third kappa shape index (κ3) is 5.31. The molecule has 1 heterocycles. The van der Waals surface area contributed by atoms with Gasteiger partial charge in [0.1, 0.15) is 12.4 Å². The van der Waals surface area contributed by atoms with Crippen LogP contribution in [0.1, 0.15) is 23.2 Å². The van der Waals surface area contributed by atoms with Crippen LogP contribution in [0.25, 0.3) is 0 Å². The molecule has 0 bridgehead atoms. The highest BCUT2D eigenvalue weighted by Gasteiger charge is 2.16. The molecule has 22 heavy (non-hydrogen) atoms. The SMILES string of the molecule is CN(C)CCOc1ccccc1C(=O)NCCC1CCNC1. The number of likely N-dealkylation sites (N-methyl/N-ethyl adjacent to an activating group) is 1. The van der Waals surface area contributed by atoms with E-state index in [1.165, 1.54) is 6.42 Å². The van der Waals surface area contributed by atoms with Gasteiger partial charge >= 0.3 is 0 Å². The van der Waals surface area contributed by atoms with E-state index in [9.17, 15) is 4.79 Å². The molecule has 1 aliphatic rings. The van der Waals surface area contributed by atoms with Crippen molar-refractivity contribution in [2.24, 2.45) is 5.92 Å². The number of nitrogens with zero attached hydrogens (tertiary/aromatic N) is 1. The van der Waals surface area contributed by atoms with Crippen LogP contribution in [0, 0.1) is 5.92 Å². The number of ether oxygens (including phenoxy) is 1. The molecule has 0 spiro atoms. The predicted molar refractivity (Wildman–Crippen MR) is 88.4 cm³/mol. The van der Waals surface area contributed by atoms with Crippen molar-refractivity contribution in [2.45, 2.75) is 12.8 Å². The third-order valence-electron chi connectivity index (χ3n) is 3.93. The first-order valence-electron chi connectivity index (χ1n) is 8.02. The molecule has 2 N–H and O–H groups in total. The smallest absolute Gasteiger partial charge is 0.255 e. The van der Waals surface area contributed by atoms with Crippen LogP contribution in [0.3, 0.4) is 0 Å². The van der Waals surface area contributed by atoms with E-state index in [4.69, 9.17) is 4.74 Å². The fourth-order valence-corrected chi connectivity index (χ4v) is 2.56. The molecular formula is C17H27N3O2. The van der Waals surface area contributed by atoms with Gasteiger partial charge in [-0.2, -0.15) is 0 Å². The molecule has 1 amide bonds. The molecule has 1 aromatic carbocycles. The number of hydrogen-bond acceptors (Lipinski definition) is 4. The first-order chi connectivity index (χ1) is 10.7. The van der Waals surface area contributed by atoms with Gasteiger partial charge in [0, 0.05) is 13.1 Å². The Balaban J connectivity index is 1.82. The fraction of sp³-hybridized carbons (Fsp3) is 0.588. The van der Waals surface area contributed by atoms with E-state index in [-0.39, 0.29) is 5.91 Å². The van der Waals surface area contributed by atoms with E-state index in [0.717, 1.165) is 32.6 Å². The van der Waals surface area contributed by atoms with Crippen molar-refractivity contribution in [1.29, 1.82) is 0 Å². The van der Waals surface area contributed by atoms with Gasteiger partial charge in [0.25, 0.3) is 5.91 Å². The van der Waals surface area contributed by atoms with Gasteiger partial charge in [-0.25, -0.2) is 0 Å². The van der Waals surface area contributed by atoms with Gasteiger partial charge in [-0.15, -0.1) is 0 Å². The van der Waals surface area contributed by atoms with Gasteiger partial charge in [-0.1, -0.05) is 12.1 Å². The van der Waals surface area contributed by atoms with Gasteiger partial charge in [-0.05, 0) is 58.1 Å². The quantitative estimate of drug-likeness (QED) is 0.761. The molecule has 2 rings (SSSR count). The van der Waals surface area contributed by atoms with Gasteiger partial charge in [0.15, 0.2) is 0 Å². The second-order valence-corrected chi connectivity index (χ2v) is 6.05. The van der Waals surface area contributed by atoms with Crippen molar-refractivity contribution < 1.29 is 9.53 Å². The highest BCUT2D eigenvalue weighted by Crippen LogP contribution is 2.18. The number of carbonyl (C=O) groups is 1. The molecule has 1 fully saturated rings. The fourth-order valence-electron chi connectivity index (χ4n) is 2.56. The zero-order valence-electron chi connectivity index (χ0n) is 13.6. The monoisotopic (exact) mass is 305 g/mol. The molecule has 122 valence electrons. The average molecular weight is 305 g/mol. The first kappa shape index (κ1) is 16.8. The van der Waals surface area contributed by atoms with Crippen LogP contribution in [0.4, 0.5) is 0 Å². The molecule has 1 atom stereocenters. The van der Waals surface area contributed by atoms with E-state index in [1.54, 1.807) is 0 Å². The second kappa shape index (κ2) is 8.76. The third-order valence-corrected chi connectivity index (χ3v) is 3.93. The van der Waals surface area contributed by atoms with Crippen LogP contribution in [-0.4, -0.2) is 57.7 Å². The minimum Gasteiger partial charge on any atom is -0.491 e. The van der Waals surface area contributed by atoms with E-state index in [0.29, 0.717) is 23.8 Å². The number of amides is 1. The maximum atomic E-state index is 12.3. The van der Waals surface area contributed by atoms with Crippen LogP contribution in [-0.2, 0) is 0 Å². The second-order valence-electron chi connectivity index (χ2n) is 6.05. The van der Waals surface area contributed by atoms with Gasteiger partial charge in [0.2, 0.25) is 0 Å². The van der Waals surface area contributed by atoms with Crippen molar-refractivity contribution in [3.63, 3.8) is 0 Å².